The lowest BCUT2D eigenvalue weighted by atomic mass is 10.1. The lowest BCUT2D eigenvalue weighted by molar-refractivity contribution is 0.199. The Bertz CT molecular complexity index is 373. The second kappa shape index (κ2) is 5.27. The summed E-state index contributed by atoms with van der Waals surface area (Å²) in [6, 6.07) is 3.85. The number of anilines is 1. The lowest BCUT2D eigenvalue weighted by Crippen LogP contribution is -2.41. The molecule has 0 bridgehead atoms. The fourth-order valence-corrected chi connectivity index (χ4v) is 3.68. The van der Waals surface area contributed by atoms with Crippen LogP contribution < -0.4 is 4.90 Å². The number of aliphatic hydroxyl groups excluding tert-OH is 1. The van der Waals surface area contributed by atoms with E-state index in [2.05, 4.69) is 23.7 Å². The van der Waals surface area contributed by atoms with Crippen molar-refractivity contribution < 1.29 is 5.11 Å². The van der Waals surface area contributed by atoms with Crippen molar-refractivity contribution in [2.45, 2.75) is 37.4 Å². The van der Waals surface area contributed by atoms with Crippen LogP contribution in [0.1, 0.15) is 32.4 Å². The molecule has 1 aromatic heterocycles. The summed E-state index contributed by atoms with van der Waals surface area (Å²) in [6.07, 6.45) is 1.34. The maximum atomic E-state index is 9.80. The number of nitrogens with zero attached hydrogens (tertiary/aromatic N) is 2. The highest BCUT2D eigenvalue weighted by Crippen LogP contribution is 2.31. The molecule has 0 radical (unpaired) electrons. The van der Waals surface area contributed by atoms with Crippen molar-refractivity contribution in [3.63, 3.8) is 0 Å². The summed E-state index contributed by atoms with van der Waals surface area (Å²) in [6.45, 7) is 8.31. The van der Waals surface area contributed by atoms with Gasteiger partial charge in [-0.3, -0.25) is 0 Å². The van der Waals surface area contributed by atoms with Crippen molar-refractivity contribution >= 4 is 17.6 Å². The van der Waals surface area contributed by atoms with Crippen LogP contribution in [0.2, 0.25) is 0 Å². The zero-order chi connectivity index (χ0) is 12.4. The second-order valence-electron chi connectivity index (χ2n) is 4.75. The third-order valence-corrected chi connectivity index (χ3v) is 4.21. The number of thioether (sulfide) groups is 1. The maximum absolute atomic E-state index is 9.80. The Morgan fingerprint density at radius 2 is 2.06 bits per heavy atom. The Morgan fingerprint density at radius 3 is 2.65 bits per heavy atom. The van der Waals surface area contributed by atoms with Gasteiger partial charge in [-0.05, 0) is 13.0 Å². The standard InChI is InChI=1S/C13H20N2OS/c1-9-7-15(8-10(2)17-9)13-12(11(3)16)5-4-6-14-13/h4-6,9-11,16H,7-8H2,1-3H3/t9?,10?,11-/m1/s1. The van der Waals surface area contributed by atoms with Gasteiger partial charge >= 0.3 is 0 Å². The van der Waals surface area contributed by atoms with E-state index in [9.17, 15) is 5.11 Å². The third-order valence-electron chi connectivity index (χ3n) is 2.99. The molecule has 2 heterocycles. The Balaban J connectivity index is 2.27. The van der Waals surface area contributed by atoms with Gasteiger partial charge in [0.15, 0.2) is 0 Å². The van der Waals surface area contributed by atoms with Crippen LogP contribution in [-0.4, -0.2) is 33.7 Å². The van der Waals surface area contributed by atoms with Crippen molar-refractivity contribution in [1.82, 2.24) is 4.98 Å². The van der Waals surface area contributed by atoms with Gasteiger partial charge in [-0.2, -0.15) is 11.8 Å². The predicted octanol–water partition coefficient (Wildman–Crippen LogP) is 2.47. The van der Waals surface area contributed by atoms with Crippen LogP contribution in [0.25, 0.3) is 0 Å². The van der Waals surface area contributed by atoms with E-state index >= 15 is 0 Å². The fraction of sp³-hybridized carbons (Fsp3) is 0.615. The zero-order valence-corrected chi connectivity index (χ0v) is 11.4. The van der Waals surface area contributed by atoms with E-state index in [1.165, 1.54) is 0 Å². The maximum Gasteiger partial charge on any atom is 0.134 e. The Hall–Kier alpha value is -0.740. The van der Waals surface area contributed by atoms with E-state index in [1.54, 1.807) is 13.1 Å². The van der Waals surface area contributed by atoms with Crippen LogP contribution in [0.5, 0.6) is 0 Å². The van der Waals surface area contributed by atoms with Crippen molar-refractivity contribution in [2.24, 2.45) is 0 Å². The summed E-state index contributed by atoms with van der Waals surface area (Å²) in [7, 11) is 0. The summed E-state index contributed by atoms with van der Waals surface area (Å²) < 4.78 is 0. The van der Waals surface area contributed by atoms with Crippen LogP contribution >= 0.6 is 11.8 Å². The van der Waals surface area contributed by atoms with E-state index in [0.717, 1.165) is 24.5 Å². The van der Waals surface area contributed by atoms with Crippen molar-refractivity contribution in [3.05, 3.63) is 23.9 Å². The van der Waals surface area contributed by atoms with Gasteiger partial charge in [-0.25, -0.2) is 4.98 Å². The van der Waals surface area contributed by atoms with Crippen LogP contribution in [-0.2, 0) is 0 Å². The largest absolute Gasteiger partial charge is 0.389 e. The molecular formula is C13H20N2OS. The molecule has 2 unspecified atom stereocenters. The molecule has 0 spiro atoms. The van der Waals surface area contributed by atoms with Crippen molar-refractivity contribution in [3.8, 4) is 0 Å². The third kappa shape index (κ3) is 2.93. The average Bonchev–Trinajstić information content (AvgIpc) is 2.27. The molecule has 94 valence electrons. The van der Waals surface area contributed by atoms with Crippen molar-refractivity contribution in [1.29, 1.82) is 0 Å². The minimum atomic E-state index is -0.459. The molecule has 17 heavy (non-hydrogen) atoms. The molecule has 1 aromatic rings. The van der Waals surface area contributed by atoms with Gasteiger partial charge in [0.2, 0.25) is 0 Å². The minimum absolute atomic E-state index is 0.459. The first-order chi connectivity index (χ1) is 8.08. The van der Waals surface area contributed by atoms with Crippen molar-refractivity contribution in [2.75, 3.05) is 18.0 Å². The number of pyridine rings is 1. The SMILES string of the molecule is CC1CN(c2ncccc2[C@@H](C)O)CC(C)S1. The van der Waals surface area contributed by atoms with Gasteiger partial charge in [0.05, 0.1) is 6.10 Å². The van der Waals surface area contributed by atoms with Gasteiger partial charge in [0, 0.05) is 35.3 Å². The molecule has 1 N–H and O–H groups in total. The molecule has 0 aliphatic carbocycles. The summed E-state index contributed by atoms with van der Waals surface area (Å²) in [4.78, 5) is 6.75. The minimum Gasteiger partial charge on any atom is -0.389 e. The van der Waals surface area contributed by atoms with Crippen LogP contribution in [0.4, 0.5) is 5.82 Å². The normalized spacial score (nSPS) is 26.9. The van der Waals surface area contributed by atoms with E-state index in [-0.39, 0.29) is 0 Å². The smallest absolute Gasteiger partial charge is 0.134 e. The highest BCUT2D eigenvalue weighted by atomic mass is 32.2. The van der Waals surface area contributed by atoms with Crippen LogP contribution in [0.15, 0.2) is 18.3 Å². The van der Waals surface area contributed by atoms with Crippen LogP contribution in [0.3, 0.4) is 0 Å². The average molecular weight is 252 g/mol. The number of aliphatic hydroxyl groups is 1. The molecule has 0 amide bonds. The molecule has 1 aliphatic rings. The van der Waals surface area contributed by atoms with Crippen LogP contribution in [0, 0.1) is 0 Å². The molecule has 4 heteroatoms. The number of aromatic nitrogens is 1. The Morgan fingerprint density at radius 1 is 1.41 bits per heavy atom. The quantitative estimate of drug-likeness (QED) is 0.877. The van der Waals surface area contributed by atoms with E-state index in [4.69, 9.17) is 0 Å². The number of hydrogen-bond acceptors (Lipinski definition) is 4. The number of hydrogen-bond donors (Lipinski definition) is 1. The van der Waals surface area contributed by atoms with E-state index in [1.807, 2.05) is 23.9 Å². The van der Waals surface area contributed by atoms with Gasteiger partial charge < -0.3 is 10.0 Å². The van der Waals surface area contributed by atoms with E-state index in [0.29, 0.717) is 10.5 Å². The first-order valence-corrected chi connectivity index (χ1v) is 7.05. The Kier molecular flexibility index (Phi) is 3.94. The molecular weight excluding hydrogens is 232 g/mol. The molecule has 2 rings (SSSR count). The monoisotopic (exact) mass is 252 g/mol. The summed E-state index contributed by atoms with van der Waals surface area (Å²) in [5.41, 5.74) is 0.929. The highest BCUT2D eigenvalue weighted by Gasteiger charge is 2.25. The molecule has 1 aliphatic heterocycles. The molecule has 1 fully saturated rings. The first-order valence-electron chi connectivity index (χ1n) is 6.11. The summed E-state index contributed by atoms with van der Waals surface area (Å²) in [5.74, 6) is 0.946. The first kappa shape index (κ1) is 12.7. The van der Waals surface area contributed by atoms with Gasteiger partial charge in [-0.1, -0.05) is 19.9 Å². The highest BCUT2D eigenvalue weighted by molar-refractivity contribution is 8.00. The molecule has 0 aromatic carbocycles. The van der Waals surface area contributed by atoms with Gasteiger partial charge in [0.25, 0.3) is 0 Å². The fourth-order valence-electron chi connectivity index (χ4n) is 2.35. The van der Waals surface area contributed by atoms with Gasteiger partial charge in [0.1, 0.15) is 5.82 Å². The topological polar surface area (TPSA) is 36.4 Å². The summed E-state index contributed by atoms with van der Waals surface area (Å²) >= 11 is 2.02. The van der Waals surface area contributed by atoms with E-state index < -0.39 is 6.10 Å². The molecule has 1 saturated heterocycles. The predicted molar refractivity (Wildman–Crippen MR) is 73.6 cm³/mol. The molecule has 3 nitrogen and oxygen atoms in total. The molecule has 3 atom stereocenters. The second-order valence-corrected chi connectivity index (χ2v) is 6.64. The van der Waals surface area contributed by atoms with Gasteiger partial charge in [-0.15, -0.1) is 0 Å². The molecule has 0 saturated carbocycles. The number of rotatable bonds is 2. The lowest BCUT2D eigenvalue weighted by Gasteiger charge is -2.36. The Labute approximate surface area is 107 Å². The summed E-state index contributed by atoms with van der Waals surface area (Å²) in [5, 5.41) is 11.0. The zero-order valence-electron chi connectivity index (χ0n) is 10.6.